The molecule has 0 saturated heterocycles. The standard InChI is InChI=1S/C15H20O3/c1-14(2)5-4-6-15(3)9-8-18-13(17)12(9)10(16)7-11(14)15/h11H,4-8H2,1-3H3. The maximum absolute atomic E-state index is 12.2. The molecule has 3 nitrogen and oxygen atoms in total. The van der Waals surface area contributed by atoms with E-state index in [1.165, 1.54) is 6.42 Å². The summed E-state index contributed by atoms with van der Waals surface area (Å²) < 4.78 is 5.12. The zero-order chi connectivity index (χ0) is 13.1. The van der Waals surface area contributed by atoms with Crippen molar-refractivity contribution in [3.05, 3.63) is 11.1 Å². The summed E-state index contributed by atoms with van der Waals surface area (Å²) in [5.74, 6) is -0.0393. The first-order valence-corrected chi connectivity index (χ1v) is 6.80. The molecule has 0 amide bonds. The SMILES string of the molecule is CC1(C)CCCC2(C)C3=C(C(=O)CC12)C(=O)OC3. The maximum Gasteiger partial charge on any atom is 0.342 e. The van der Waals surface area contributed by atoms with Crippen LogP contribution < -0.4 is 0 Å². The molecule has 2 atom stereocenters. The van der Waals surface area contributed by atoms with Crippen LogP contribution in [0.2, 0.25) is 0 Å². The molecule has 0 aromatic heterocycles. The molecule has 1 saturated carbocycles. The Labute approximate surface area is 108 Å². The zero-order valence-electron chi connectivity index (χ0n) is 11.3. The summed E-state index contributed by atoms with van der Waals surface area (Å²) in [5, 5.41) is 0. The van der Waals surface area contributed by atoms with Crippen LogP contribution in [0.25, 0.3) is 0 Å². The molecular weight excluding hydrogens is 228 g/mol. The fourth-order valence-corrected chi connectivity index (χ4v) is 4.41. The van der Waals surface area contributed by atoms with Crippen LogP contribution in [-0.2, 0) is 14.3 Å². The van der Waals surface area contributed by atoms with Crippen LogP contribution in [0.1, 0.15) is 46.5 Å². The average molecular weight is 248 g/mol. The number of ketones is 1. The van der Waals surface area contributed by atoms with Gasteiger partial charge >= 0.3 is 5.97 Å². The number of carbonyl (C=O) groups is 2. The van der Waals surface area contributed by atoms with Crippen molar-refractivity contribution in [2.45, 2.75) is 46.5 Å². The summed E-state index contributed by atoms with van der Waals surface area (Å²) >= 11 is 0. The topological polar surface area (TPSA) is 43.4 Å². The summed E-state index contributed by atoms with van der Waals surface area (Å²) in [6, 6.07) is 0. The zero-order valence-corrected chi connectivity index (χ0v) is 11.3. The Hall–Kier alpha value is -1.12. The van der Waals surface area contributed by atoms with Crippen molar-refractivity contribution >= 4 is 11.8 Å². The molecule has 3 heteroatoms. The number of cyclic esters (lactones) is 1. The molecule has 1 heterocycles. The largest absolute Gasteiger partial charge is 0.457 e. The molecule has 1 aliphatic heterocycles. The molecule has 0 N–H and O–H groups in total. The van der Waals surface area contributed by atoms with E-state index in [0.717, 1.165) is 18.4 Å². The third kappa shape index (κ3) is 1.36. The first kappa shape index (κ1) is 11.9. The van der Waals surface area contributed by atoms with Crippen LogP contribution in [0.4, 0.5) is 0 Å². The van der Waals surface area contributed by atoms with Crippen LogP contribution >= 0.6 is 0 Å². The Morgan fingerprint density at radius 3 is 2.61 bits per heavy atom. The predicted molar refractivity (Wildman–Crippen MR) is 66.8 cm³/mol. The molecule has 2 aliphatic carbocycles. The number of rotatable bonds is 0. The quantitative estimate of drug-likeness (QED) is 0.489. The molecule has 0 spiro atoms. The van der Waals surface area contributed by atoms with Crippen molar-refractivity contribution in [1.82, 2.24) is 0 Å². The lowest BCUT2D eigenvalue weighted by Crippen LogP contribution is -2.47. The van der Waals surface area contributed by atoms with Gasteiger partial charge in [0.2, 0.25) is 0 Å². The van der Waals surface area contributed by atoms with Crippen LogP contribution in [0.15, 0.2) is 11.1 Å². The van der Waals surface area contributed by atoms with Gasteiger partial charge in [-0.05, 0) is 35.2 Å². The van der Waals surface area contributed by atoms with Crippen molar-refractivity contribution in [3.8, 4) is 0 Å². The van der Waals surface area contributed by atoms with Crippen LogP contribution in [0, 0.1) is 16.7 Å². The Bertz CT molecular complexity index is 472. The molecule has 0 aromatic rings. The highest BCUT2D eigenvalue weighted by Crippen LogP contribution is 2.59. The summed E-state index contributed by atoms with van der Waals surface area (Å²) in [7, 11) is 0. The number of fused-ring (bicyclic) bond motifs is 2. The summed E-state index contributed by atoms with van der Waals surface area (Å²) in [4.78, 5) is 23.9. The van der Waals surface area contributed by atoms with Crippen LogP contribution in [0.3, 0.4) is 0 Å². The van der Waals surface area contributed by atoms with Gasteiger partial charge in [0.15, 0.2) is 5.78 Å². The van der Waals surface area contributed by atoms with Gasteiger partial charge in [-0.25, -0.2) is 4.79 Å². The number of hydrogen-bond acceptors (Lipinski definition) is 3. The molecule has 2 unspecified atom stereocenters. The molecule has 98 valence electrons. The van der Waals surface area contributed by atoms with Gasteiger partial charge in [-0.3, -0.25) is 4.79 Å². The molecule has 1 fully saturated rings. The second-order valence-electron chi connectivity index (χ2n) is 6.87. The Morgan fingerprint density at radius 2 is 1.89 bits per heavy atom. The molecule has 18 heavy (non-hydrogen) atoms. The fourth-order valence-electron chi connectivity index (χ4n) is 4.41. The van der Waals surface area contributed by atoms with Gasteiger partial charge in [-0.15, -0.1) is 0 Å². The molecule has 3 aliphatic rings. The Balaban J connectivity index is 2.14. The molecular formula is C15H20O3. The smallest absolute Gasteiger partial charge is 0.342 e. The van der Waals surface area contributed by atoms with Crippen molar-refractivity contribution in [1.29, 1.82) is 0 Å². The van der Waals surface area contributed by atoms with E-state index in [9.17, 15) is 9.59 Å². The Kier molecular flexibility index (Phi) is 2.30. The highest BCUT2D eigenvalue weighted by Gasteiger charge is 2.55. The van der Waals surface area contributed by atoms with Gasteiger partial charge in [0.05, 0.1) is 0 Å². The fraction of sp³-hybridized carbons (Fsp3) is 0.733. The van der Waals surface area contributed by atoms with E-state index in [-0.39, 0.29) is 16.6 Å². The molecule has 0 bridgehead atoms. The minimum absolute atomic E-state index is 0.00458. The van der Waals surface area contributed by atoms with E-state index in [1.54, 1.807) is 0 Å². The van der Waals surface area contributed by atoms with E-state index >= 15 is 0 Å². The monoisotopic (exact) mass is 248 g/mol. The normalized spacial score (nSPS) is 38.3. The number of ether oxygens (including phenoxy) is 1. The predicted octanol–water partition coefficient (Wildman–Crippen LogP) is 2.65. The number of esters is 1. The second-order valence-corrected chi connectivity index (χ2v) is 6.87. The third-order valence-corrected chi connectivity index (χ3v) is 5.44. The number of carbonyl (C=O) groups excluding carboxylic acids is 2. The lowest BCUT2D eigenvalue weighted by atomic mass is 9.50. The summed E-state index contributed by atoms with van der Waals surface area (Å²) in [6.45, 7) is 7.07. The van der Waals surface area contributed by atoms with Crippen LogP contribution in [0.5, 0.6) is 0 Å². The van der Waals surface area contributed by atoms with Gasteiger partial charge in [0.25, 0.3) is 0 Å². The van der Waals surface area contributed by atoms with Gasteiger partial charge in [0.1, 0.15) is 12.2 Å². The second kappa shape index (κ2) is 3.46. The van der Waals surface area contributed by atoms with Crippen molar-refractivity contribution < 1.29 is 14.3 Å². The van der Waals surface area contributed by atoms with E-state index in [0.29, 0.717) is 24.5 Å². The maximum atomic E-state index is 12.2. The van der Waals surface area contributed by atoms with Crippen molar-refractivity contribution in [3.63, 3.8) is 0 Å². The third-order valence-electron chi connectivity index (χ3n) is 5.44. The number of hydrogen-bond donors (Lipinski definition) is 0. The van der Waals surface area contributed by atoms with Gasteiger partial charge in [-0.1, -0.05) is 27.2 Å². The van der Waals surface area contributed by atoms with Gasteiger partial charge in [-0.2, -0.15) is 0 Å². The van der Waals surface area contributed by atoms with Gasteiger partial charge in [0, 0.05) is 6.42 Å². The number of Topliss-reactive ketones (excluding diaryl/α,β-unsaturated/α-hetero) is 1. The lowest BCUT2D eigenvalue weighted by Gasteiger charge is -2.53. The van der Waals surface area contributed by atoms with Crippen LogP contribution in [-0.4, -0.2) is 18.4 Å². The van der Waals surface area contributed by atoms with Gasteiger partial charge < -0.3 is 4.74 Å². The van der Waals surface area contributed by atoms with E-state index in [4.69, 9.17) is 4.74 Å². The minimum Gasteiger partial charge on any atom is -0.457 e. The summed E-state index contributed by atoms with van der Waals surface area (Å²) in [6.07, 6.45) is 3.92. The summed E-state index contributed by atoms with van der Waals surface area (Å²) in [5.41, 5.74) is 1.53. The van der Waals surface area contributed by atoms with E-state index in [2.05, 4.69) is 20.8 Å². The highest BCUT2D eigenvalue weighted by atomic mass is 16.5. The first-order chi connectivity index (χ1) is 8.36. The average Bonchev–Trinajstić information content (AvgIpc) is 2.66. The molecule has 0 radical (unpaired) electrons. The van der Waals surface area contributed by atoms with Crippen molar-refractivity contribution in [2.75, 3.05) is 6.61 Å². The molecule has 3 rings (SSSR count). The first-order valence-electron chi connectivity index (χ1n) is 6.80. The van der Waals surface area contributed by atoms with Crippen molar-refractivity contribution in [2.24, 2.45) is 16.7 Å². The van der Waals surface area contributed by atoms with E-state index in [1.807, 2.05) is 0 Å². The van der Waals surface area contributed by atoms with E-state index < -0.39 is 5.97 Å². The lowest BCUT2D eigenvalue weighted by molar-refractivity contribution is -0.137. The highest BCUT2D eigenvalue weighted by molar-refractivity contribution is 6.20. The molecule has 0 aromatic carbocycles. The Morgan fingerprint density at radius 1 is 1.17 bits per heavy atom. The minimum atomic E-state index is -0.391.